The monoisotopic (exact) mass is 561 g/mol. The summed E-state index contributed by atoms with van der Waals surface area (Å²) in [5.41, 5.74) is -0.0789. The van der Waals surface area contributed by atoms with Gasteiger partial charge in [0.25, 0.3) is 11.5 Å². The molecule has 6 rings (SSSR count). The highest BCUT2D eigenvalue weighted by atomic mass is 19.4. The summed E-state index contributed by atoms with van der Waals surface area (Å²) in [5.74, 6) is 1.18. The van der Waals surface area contributed by atoms with Crippen molar-refractivity contribution in [2.24, 2.45) is 0 Å². The van der Waals surface area contributed by atoms with Gasteiger partial charge in [-0.3, -0.25) is 9.59 Å². The van der Waals surface area contributed by atoms with E-state index in [1.54, 1.807) is 0 Å². The maximum atomic E-state index is 13.2. The van der Waals surface area contributed by atoms with Crippen LogP contribution in [-0.2, 0) is 29.4 Å². The number of alkyl halides is 3. The lowest BCUT2D eigenvalue weighted by atomic mass is 9.94. The summed E-state index contributed by atoms with van der Waals surface area (Å²) in [5, 5.41) is 10.6. The Hall–Kier alpha value is -4.44. The predicted molar refractivity (Wildman–Crippen MR) is 143 cm³/mol. The smallest absolute Gasteiger partial charge is 0.416 e. The molecule has 1 fully saturated rings. The highest BCUT2D eigenvalue weighted by Gasteiger charge is 2.49. The van der Waals surface area contributed by atoms with E-state index >= 15 is 0 Å². The van der Waals surface area contributed by atoms with E-state index < -0.39 is 29.2 Å². The molecule has 7 nitrogen and oxygen atoms in total. The van der Waals surface area contributed by atoms with Crippen molar-refractivity contribution in [2.45, 2.75) is 43.5 Å². The molecule has 2 N–H and O–H groups in total. The lowest BCUT2D eigenvalue weighted by Crippen LogP contribution is -2.42. The number of halogens is 3. The van der Waals surface area contributed by atoms with E-state index in [-0.39, 0.29) is 30.6 Å². The van der Waals surface area contributed by atoms with Gasteiger partial charge in [0.2, 0.25) is 0 Å². The maximum Gasteiger partial charge on any atom is 0.416 e. The van der Waals surface area contributed by atoms with Gasteiger partial charge in [0, 0.05) is 13.0 Å². The number of aromatic nitrogens is 2. The zero-order valence-electron chi connectivity index (χ0n) is 21.8. The molecule has 1 saturated carbocycles. The summed E-state index contributed by atoms with van der Waals surface area (Å²) in [6, 6.07) is 21.2. The molecule has 10 heteroatoms. The second-order valence-electron chi connectivity index (χ2n) is 10.4. The fourth-order valence-electron chi connectivity index (χ4n) is 5.31. The van der Waals surface area contributed by atoms with Crippen LogP contribution < -0.4 is 10.3 Å². The van der Waals surface area contributed by atoms with Gasteiger partial charge in [0.15, 0.2) is 6.10 Å². The Morgan fingerprint density at radius 3 is 2.46 bits per heavy atom. The number of para-hydroxylation sites is 1. The molecule has 1 aromatic heterocycles. The normalized spacial score (nSPS) is 16.5. The molecule has 3 aromatic carbocycles. The SMILES string of the molecule is O=C([C@H](O)c1cccc(C(F)(F)F)c1)N1CCc2nc(C3(c4cccc(Oc5ccccc5)c4)CC3)[nH]c(=O)c2C1. The van der Waals surface area contributed by atoms with Crippen LogP contribution in [0.2, 0.25) is 0 Å². The third-order valence-electron chi connectivity index (χ3n) is 7.71. The number of nitrogens with zero attached hydrogens (tertiary/aromatic N) is 2. The third-order valence-corrected chi connectivity index (χ3v) is 7.71. The zero-order chi connectivity index (χ0) is 28.8. The Morgan fingerprint density at radius 1 is 1.00 bits per heavy atom. The number of ether oxygens (including phenoxy) is 1. The summed E-state index contributed by atoms with van der Waals surface area (Å²) < 4.78 is 45.3. The second kappa shape index (κ2) is 10.2. The van der Waals surface area contributed by atoms with Crippen molar-refractivity contribution in [2.75, 3.05) is 6.54 Å². The first kappa shape index (κ1) is 26.8. The van der Waals surface area contributed by atoms with E-state index in [0.29, 0.717) is 28.6 Å². The fraction of sp³-hybridized carbons (Fsp3) is 0.258. The number of aromatic amines is 1. The highest BCUT2D eigenvalue weighted by molar-refractivity contribution is 5.82. The van der Waals surface area contributed by atoms with E-state index in [1.807, 2.05) is 54.6 Å². The molecule has 210 valence electrons. The number of H-pyrrole nitrogens is 1. The van der Waals surface area contributed by atoms with Crippen molar-refractivity contribution in [1.82, 2.24) is 14.9 Å². The molecule has 2 aliphatic rings. The van der Waals surface area contributed by atoms with Gasteiger partial charge in [0.1, 0.15) is 17.3 Å². The third kappa shape index (κ3) is 5.22. The molecule has 4 aromatic rings. The largest absolute Gasteiger partial charge is 0.457 e. The Balaban J connectivity index is 1.22. The van der Waals surface area contributed by atoms with Gasteiger partial charge >= 0.3 is 6.18 Å². The number of hydrogen-bond acceptors (Lipinski definition) is 5. The number of nitrogens with one attached hydrogen (secondary N) is 1. The number of rotatable bonds is 6. The molecular weight excluding hydrogens is 535 g/mol. The quantitative estimate of drug-likeness (QED) is 0.334. The minimum atomic E-state index is -4.60. The fourth-order valence-corrected chi connectivity index (χ4v) is 5.31. The zero-order valence-corrected chi connectivity index (χ0v) is 21.8. The van der Waals surface area contributed by atoms with Crippen LogP contribution in [0.25, 0.3) is 0 Å². The summed E-state index contributed by atoms with van der Waals surface area (Å²) in [6.45, 7) is 0.0748. The standard InChI is InChI=1S/C31H26F3N3O4/c32-31(33,34)21-8-4-6-19(16-21)26(38)28(40)37-15-12-25-24(18-37)27(39)36-29(35-25)30(13-14-30)20-7-5-11-23(17-20)41-22-9-2-1-3-10-22/h1-11,16-17,26,38H,12-15,18H2,(H,35,36,39)/t26-/m1/s1. The topological polar surface area (TPSA) is 95.5 Å². The Morgan fingerprint density at radius 2 is 1.73 bits per heavy atom. The molecule has 0 saturated heterocycles. The number of benzene rings is 3. The Bertz CT molecular complexity index is 1670. The highest BCUT2D eigenvalue weighted by Crippen LogP contribution is 2.52. The number of hydrogen-bond donors (Lipinski definition) is 2. The minimum Gasteiger partial charge on any atom is -0.457 e. The molecular formula is C31H26F3N3O4. The minimum absolute atomic E-state index is 0.0970. The van der Waals surface area contributed by atoms with Crippen LogP contribution >= 0.6 is 0 Å². The molecule has 0 spiro atoms. The molecule has 0 unspecified atom stereocenters. The number of fused-ring (bicyclic) bond motifs is 1. The summed E-state index contributed by atoms with van der Waals surface area (Å²) in [4.78, 5) is 35.2. The van der Waals surface area contributed by atoms with Crippen LogP contribution in [-0.4, -0.2) is 32.4 Å². The Labute approximate surface area is 233 Å². The van der Waals surface area contributed by atoms with Crippen LogP contribution in [0.3, 0.4) is 0 Å². The first-order valence-corrected chi connectivity index (χ1v) is 13.2. The first-order valence-electron chi connectivity index (χ1n) is 13.2. The molecule has 1 amide bonds. The first-order chi connectivity index (χ1) is 19.6. The van der Waals surface area contributed by atoms with Crippen molar-refractivity contribution in [3.8, 4) is 11.5 Å². The van der Waals surface area contributed by atoms with Crippen LogP contribution in [0.1, 0.15) is 52.7 Å². The van der Waals surface area contributed by atoms with Crippen LogP contribution in [0.4, 0.5) is 13.2 Å². The summed E-state index contributed by atoms with van der Waals surface area (Å²) in [6.07, 6.45) is -4.51. The average molecular weight is 562 g/mol. The second-order valence-corrected chi connectivity index (χ2v) is 10.4. The van der Waals surface area contributed by atoms with Gasteiger partial charge in [-0.25, -0.2) is 4.98 Å². The van der Waals surface area contributed by atoms with E-state index in [2.05, 4.69) is 4.98 Å². The van der Waals surface area contributed by atoms with Gasteiger partial charge in [-0.2, -0.15) is 13.2 Å². The number of aliphatic hydroxyl groups is 1. The van der Waals surface area contributed by atoms with Gasteiger partial charge in [0.05, 0.1) is 28.8 Å². The summed E-state index contributed by atoms with van der Waals surface area (Å²) in [7, 11) is 0. The maximum absolute atomic E-state index is 13.2. The molecule has 1 aliphatic carbocycles. The molecule has 0 bridgehead atoms. The van der Waals surface area contributed by atoms with Crippen molar-refractivity contribution in [3.05, 3.63) is 123 Å². The number of carbonyl (C=O) groups is 1. The van der Waals surface area contributed by atoms with Gasteiger partial charge in [-0.05, 0) is 60.4 Å². The van der Waals surface area contributed by atoms with E-state index in [4.69, 9.17) is 9.72 Å². The number of carbonyl (C=O) groups excluding carboxylic acids is 1. The van der Waals surface area contributed by atoms with E-state index in [1.165, 1.54) is 11.0 Å². The molecule has 2 heterocycles. The van der Waals surface area contributed by atoms with Gasteiger partial charge in [-0.15, -0.1) is 0 Å². The van der Waals surface area contributed by atoms with Crippen molar-refractivity contribution < 1.29 is 27.8 Å². The number of amides is 1. The lowest BCUT2D eigenvalue weighted by molar-refractivity contribution is -0.142. The molecule has 41 heavy (non-hydrogen) atoms. The lowest BCUT2D eigenvalue weighted by Gasteiger charge is -2.30. The van der Waals surface area contributed by atoms with E-state index in [9.17, 15) is 27.9 Å². The molecule has 1 aliphatic heterocycles. The molecule has 0 radical (unpaired) electrons. The van der Waals surface area contributed by atoms with Crippen molar-refractivity contribution in [3.63, 3.8) is 0 Å². The van der Waals surface area contributed by atoms with Crippen LogP contribution in [0.5, 0.6) is 11.5 Å². The van der Waals surface area contributed by atoms with E-state index in [0.717, 1.165) is 36.6 Å². The van der Waals surface area contributed by atoms with Crippen molar-refractivity contribution in [1.29, 1.82) is 0 Å². The average Bonchev–Trinajstić information content (AvgIpc) is 3.79. The van der Waals surface area contributed by atoms with Gasteiger partial charge < -0.3 is 19.7 Å². The Kier molecular flexibility index (Phi) is 6.65. The van der Waals surface area contributed by atoms with Gasteiger partial charge in [-0.1, -0.05) is 42.5 Å². The molecule has 1 atom stereocenters. The summed E-state index contributed by atoms with van der Waals surface area (Å²) >= 11 is 0. The number of aliphatic hydroxyl groups excluding tert-OH is 1. The van der Waals surface area contributed by atoms with Crippen molar-refractivity contribution >= 4 is 5.91 Å². The van der Waals surface area contributed by atoms with Crippen LogP contribution in [0.15, 0.2) is 83.7 Å². The predicted octanol–water partition coefficient (Wildman–Crippen LogP) is 5.28. The van der Waals surface area contributed by atoms with Crippen LogP contribution in [0, 0.1) is 0 Å².